The Morgan fingerprint density at radius 1 is 0.375 bits per heavy atom. The zero-order valence-corrected chi connectivity index (χ0v) is 37.9. The maximum atomic E-state index is 12.7. The van der Waals surface area contributed by atoms with E-state index in [9.17, 15) is 9.59 Å². The fourth-order valence-electron chi connectivity index (χ4n) is 7.19. The molecule has 0 fully saturated rings. The van der Waals surface area contributed by atoms with Crippen LogP contribution >= 0.6 is 0 Å². The number of esters is 2. The molecule has 5 heteroatoms. The van der Waals surface area contributed by atoms with Crippen LogP contribution < -0.4 is 0 Å². The van der Waals surface area contributed by atoms with Gasteiger partial charge in [-0.15, -0.1) is 0 Å². The quantitative estimate of drug-likeness (QED) is 0.0349. The van der Waals surface area contributed by atoms with Crippen molar-refractivity contribution in [2.45, 2.75) is 271 Å². The van der Waals surface area contributed by atoms with Crippen LogP contribution in [0.5, 0.6) is 0 Å². The van der Waals surface area contributed by atoms with Crippen molar-refractivity contribution in [1.82, 2.24) is 0 Å². The molecular weight excluding hydrogens is 693 g/mol. The Kier molecular flexibility index (Phi) is 46.4. The summed E-state index contributed by atoms with van der Waals surface area (Å²) in [5.74, 6) is -0.398. The average Bonchev–Trinajstić information content (AvgIpc) is 3.20. The normalized spacial score (nSPS) is 12.3. The zero-order chi connectivity index (χ0) is 40.7. The molecule has 0 aromatic heterocycles. The van der Waals surface area contributed by atoms with Gasteiger partial charge < -0.3 is 14.2 Å². The third-order valence-electron chi connectivity index (χ3n) is 11.0. The highest BCUT2D eigenvalue weighted by Crippen LogP contribution is 2.15. The van der Waals surface area contributed by atoms with Crippen molar-refractivity contribution < 1.29 is 23.8 Å². The molecule has 0 rings (SSSR count). The number of rotatable bonds is 46. The van der Waals surface area contributed by atoms with Crippen LogP contribution in [0.4, 0.5) is 0 Å². The van der Waals surface area contributed by atoms with E-state index in [1.54, 1.807) is 0 Å². The molecule has 0 aromatic carbocycles. The van der Waals surface area contributed by atoms with Gasteiger partial charge in [-0.25, -0.2) is 0 Å². The second-order valence-corrected chi connectivity index (χ2v) is 16.7. The second-order valence-electron chi connectivity index (χ2n) is 16.7. The van der Waals surface area contributed by atoms with Crippen LogP contribution in [0.15, 0.2) is 24.3 Å². The van der Waals surface area contributed by atoms with Gasteiger partial charge in [0, 0.05) is 19.4 Å². The van der Waals surface area contributed by atoms with Crippen LogP contribution in [-0.2, 0) is 23.8 Å². The molecule has 0 aliphatic heterocycles. The molecule has 0 spiro atoms. The molecule has 0 saturated carbocycles. The van der Waals surface area contributed by atoms with Crippen molar-refractivity contribution >= 4 is 11.9 Å². The summed E-state index contributed by atoms with van der Waals surface area (Å²) in [6.07, 6.45) is 54.6. The monoisotopic (exact) mass is 789 g/mol. The molecule has 1 unspecified atom stereocenters. The highest BCUT2D eigenvalue weighted by Gasteiger charge is 2.17. The van der Waals surface area contributed by atoms with Crippen LogP contribution in [-0.4, -0.2) is 37.9 Å². The van der Waals surface area contributed by atoms with E-state index in [1.807, 2.05) is 0 Å². The first-order chi connectivity index (χ1) is 27.6. The molecule has 0 bridgehead atoms. The minimum absolute atomic E-state index is 0.0855. The first-order valence-corrected chi connectivity index (χ1v) is 24.9. The van der Waals surface area contributed by atoms with Gasteiger partial charge in [0.15, 0.2) is 6.10 Å². The fourth-order valence-corrected chi connectivity index (χ4v) is 7.19. The maximum absolute atomic E-state index is 12.7. The highest BCUT2D eigenvalue weighted by atomic mass is 16.6. The van der Waals surface area contributed by atoms with Gasteiger partial charge in [-0.3, -0.25) is 9.59 Å². The number of ether oxygens (including phenoxy) is 3. The Balaban J connectivity index is 4.22. The SMILES string of the molecule is CCCC/C=C\CCCCCCCC(=O)OC(COCCCCCCCC/C=C\CCCCCCCC)COC(=O)CCCCCCCCCCCCCCC. The zero-order valence-electron chi connectivity index (χ0n) is 37.9. The van der Waals surface area contributed by atoms with Crippen molar-refractivity contribution in [3.8, 4) is 0 Å². The smallest absolute Gasteiger partial charge is 0.306 e. The largest absolute Gasteiger partial charge is 0.462 e. The Hall–Kier alpha value is -1.62. The summed E-state index contributed by atoms with van der Waals surface area (Å²) >= 11 is 0. The fraction of sp³-hybridized carbons (Fsp3) is 0.882. The molecule has 0 aromatic rings. The van der Waals surface area contributed by atoms with Crippen LogP contribution in [0, 0.1) is 0 Å². The Morgan fingerprint density at radius 3 is 1.14 bits per heavy atom. The number of carbonyl (C=O) groups excluding carboxylic acids is 2. The molecule has 1 atom stereocenters. The van der Waals surface area contributed by atoms with Crippen molar-refractivity contribution in [2.75, 3.05) is 19.8 Å². The predicted molar refractivity (Wildman–Crippen MR) is 242 cm³/mol. The second kappa shape index (κ2) is 47.8. The summed E-state index contributed by atoms with van der Waals surface area (Å²) in [6.45, 7) is 7.80. The first-order valence-electron chi connectivity index (χ1n) is 24.9. The van der Waals surface area contributed by atoms with Gasteiger partial charge in [0.1, 0.15) is 6.61 Å². The minimum Gasteiger partial charge on any atom is -0.462 e. The number of unbranched alkanes of at least 4 members (excludes halogenated alkanes) is 31. The van der Waals surface area contributed by atoms with E-state index in [0.29, 0.717) is 19.4 Å². The topological polar surface area (TPSA) is 61.8 Å². The van der Waals surface area contributed by atoms with Crippen molar-refractivity contribution in [2.24, 2.45) is 0 Å². The summed E-state index contributed by atoms with van der Waals surface area (Å²) in [5, 5.41) is 0. The minimum atomic E-state index is -0.535. The van der Waals surface area contributed by atoms with E-state index >= 15 is 0 Å². The highest BCUT2D eigenvalue weighted by molar-refractivity contribution is 5.70. The number of allylic oxidation sites excluding steroid dienone is 4. The Morgan fingerprint density at radius 2 is 0.714 bits per heavy atom. The van der Waals surface area contributed by atoms with E-state index < -0.39 is 6.10 Å². The third kappa shape index (κ3) is 45.1. The lowest BCUT2D eigenvalue weighted by Gasteiger charge is -2.18. The van der Waals surface area contributed by atoms with E-state index in [-0.39, 0.29) is 25.2 Å². The summed E-state index contributed by atoms with van der Waals surface area (Å²) in [5.41, 5.74) is 0. The summed E-state index contributed by atoms with van der Waals surface area (Å²) in [6, 6.07) is 0. The molecular formula is C51H96O5. The van der Waals surface area contributed by atoms with E-state index in [4.69, 9.17) is 14.2 Å². The summed E-state index contributed by atoms with van der Waals surface area (Å²) < 4.78 is 17.4. The van der Waals surface area contributed by atoms with E-state index in [2.05, 4.69) is 45.1 Å². The van der Waals surface area contributed by atoms with Gasteiger partial charge in [-0.1, -0.05) is 212 Å². The molecule has 0 heterocycles. The van der Waals surface area contributed by atoms with Crippen molar-refractivity contribution in [1.29, 1.82) is 0 Å². The molecule has 0 N–H and O–H groups in total. The summed E-state index contributed by atoms with van der Waals surface area (Å²) in [7, 11) is 0. The lowest BCUT2D eigenvalue weighted by Crippen LogP contribution is -2.30. The molecule has 0 aliphatic rings. The predicted octanol–water partition coefficient (Wildman–Crippen LogP) is 16.5. The third-order valence-corrected chi connectivity index (χ3v) is 11.0. The first kappa shape index (κ1) is 54.4. The number of hydrogen-bond acceptors (Lipinski definition) is 5. The molecule has 0 radical (unpaired) electrons. The van der Waals surface area contributed by atoms with E-state index in [0.717, 1.165) is 51.4 Å². The number of hydrogen-bond donors (Lipinski definition) is 0. The van der Waals surface area contributed by atoms with E-state index in [1.165, 1.54) is 180 Å². The Bertz CT molecular complexity index is 851. The van der Waals surface area contributed by atoms with Crippen LogP contribution in [0.1, 0.15) is 265 Å². The maximum Gasteiger partial charge on any atom is 0.306 e. The van der Waals surface area contributed by atoms with Crippen LogP contribution in [0.3, 0.4) is 0 Å². The van der Waals surface area contributed by atoms with Crippen LogP contribution in [0.2, 0.25) is 0 Å². The average molecular weight is 789 g/mol. The molecule has 0 aliphatic carbocycles. The Labute approximate surface area is 349 Å². The van der Waals surface area contributed by atoms with Gasteiger partial charge >= 0.3 is 11.9 Å². The summed E-state index contributed by atoms with van der Waals surface area (Å²) in [4.78, 5) is 25.3. The number of carbonyl (C=O) groups is 2. The molecule has 0 saturated heterocycles. The molecule has 0 amide bonds. The molecule has 5 nitrogen and oxygen atoms in total. The van der Waals surface area contributed by atoms with Gasteiger partial charge in [0.25, 0.3) is 0 Å². The van der Waals surface area contributed by atoms with Gasteiger partial charge in [0.2, 0.25) is 0 Å². The lowest BCUT2D eigenvalue weighted by atomic mass is 10.0. The lowest BCUT2D eigenvalue weighted by molar-refractivity contribution is -0.163. The van der Waals surface area contributed by atoms with Gasteiger partial charge in [-0.2, -0.15) is 0 Å². The molecule has 56 heavy (non-hydrogen) atoms. The molecule has 330 valence electrons. The van der Waals surface area contributed by atoms with Crippen molar-refractivity contribution in [3.05, 3.63) is 24.3 Å². The van der Waals surface area contributed by atoms with Gasteiger partial charge in [-0.05, 0) is 64.2 Å². The van der Waals surface area contributed by atoms with Crippen LogP contribution in [0.25, 0.3) is 0 Å². The van der Waals surface area contributed by atoms with Gasteiger partial charge in [0.05, 0.1) is 6.61 Å². The standard InChI is InChI=1S/C51H96O5/c1-4-7-10-13-16-19-22-24-25-26-28-31-34-37-40-43-46-54-47-49(56-51(53)45-42-39-36-33-29-21-18-15-12-9-6-3)48-55-50(52)44-41-38-35-32-30-27-23-20-17-14-11-8-5-2/h15,18,24-25,49H,4-14,16-17,19-23,26-48H2,1-3H3/b18-15-,25-24-. The van der Waals surface area contributed by atoms with Crippen molar-refractivity contribution in [3.63, 3.8) is 0 Å².